The topological polar surface area (TPSA) is 128 Å². The zero-order chi connectivity index (χ0) is 31.2. The van der Waals surface area contributed by atoms with Crippen molar-refractivity contribution in [3.63, 3.8) is 0 Å². The molecule has 228 valence electrons. The average Bonchev–Trinajstić information content (AvgIpc) is 3.48. The van der Waals surface area contributed by atoms with Crippen molar-refractivity contribution >= 4 is 17.3 Å². The van der Waals surface area contributed by atoms with E-state index in [1.165, 1.54) is 19.4 Å². The number of methoxy groups -OCH3 is 1. The van der Waals surface area contributed by atoms with E-state index in [0.717, 1.165) is 12.8 Å². The van der Waals surface area contributed by atoms with E-state index in [2.05, 4.69) is 21.0 Å². The number of piperidine rings is 1. The first-order valence-electron chi connectivity index (χ1n) is 14.6. The third-order valence-electron chi connectivity index (χ3n) is 8.01. The second-order valence-electron chi connectivity index (χ2n) is 12.3. The molecule has 4 aromatic rings. The Labute approximate surface area is 254 Å². The number of fused-ring (bicyclic) bond motifs is 3. The summed E-state index contributed by atoms with van der Waals surface area (Å²) in [4.78, 5) is 32.5. The van der Waals surface area contributed by atoms with Crippen molar-refractivity contribution in [2.45, 2.75) is 83.7 Å². The van der Waals surface area contributed by atoms with Crippen molar-refractivity contribution < 1.29 is 23.4 Å². The monoisotopic (exact) mass is 599 g/mol. The summed E-state index contributed by atoms with van der Waals surface area (Å²) in [6.07, 6.45) is 5.80. The molecule has 0 spiro atoms. The quantitative estimate of drug-likeness (QED) is 0.279. The number of rotatable bonds is 6. The molecule has 2 aliphatic heterocycles. The molecule has 2 fully saturated rings. The molecule has 1 aromatic carbocycles. The maximum absolute atomic E-state index is 15.7. The molecular formula is C32H34FN7O4. The lowest BCUT2D eigenvalue weighted by atomic mass is 10.00. The van der Waals surface area contributed by atoms with E-state index in [9.17, 15) is 10.1 Å². The van der Waals surface area contributed by atoms with Crippen LogP contribution in [0.1, 0.15) is 63.3 Å². The molecular weight excluding hydrogens is 565 g/mol. The maximum Gasteiger partial charge on any atom is 0.410 e. The first-order chi connectivity index (χ1) is 21.0. The van der Waals surface area contributed by atoms with Crippen molar-refractivity contribution in [1.29, 1.82) is 5.26 Å². The zero-order valence-corrected chi connectivity index (χ0v) is 25.4. The van der Waals surface area contributed by atoms with Gasteiger partial charge in [-0.05, 0) is 52.7 Å². The van der Waals surface area contributed by atoms with Gasteiger partial charge in [-0.2, -0.15) is 15.2 Å². The Hall–Kier alpha value is -4.79. The van der Waals surface area contributed by atoms with Crippen LogP contribution in [-0.2, 0) is 11.3 Å². The van der Waals surface area contributed by atoms with Gasteiger partial charge < -0.3 is 23.7 Å². The normalized spacial score (nSPS) is 19.6. The number of hydrogen-bond acceptors (Lipinski definition) is 9. The van der Waals surface area contributed by atoms with E-state index in [1.54, 1.807) is 35.9 Å². The molecule has 3 aromatic heterocycles. The van der Waals surface area contributed by atoms with Crippen molar-refractivity contribution in [3.8, 4) is 29.2 Å². The third kappa shape index (κ3) is 5.74. The number of hydrogen-bond donors (Lipinski definition) is 0. The van der Waals surface area contributed by atoms with E-state index in [1.807, 2.05) is 25.7 Å². The molecule has 6 rings (SSSR count). The summed E-state index contributed by atoms with van der Waals surface area (Å²) in [6.45, 7) is 7.51. The van der Waals surface area contributed by atoms with Crippen LogP contribution < -0.4 is 9.47 Å². The minimum atomic E-state index is -0.553. The number of carbonyl (C=O) groups excluding carboxylic acids is 1. The minimum absolute atomic E-state index is 0.0436. The van der Waals surface area contributed by atoms with E-state index in [0.29, 0.717) is 58.0 Å². The number of amides is 1. The first-order valence-corrected chi connectivity index (χ1v) is 14.6. The Morgan fingerprint density at radius 2 is 1.86 bits per heavy atom. The van der Waals surface area contributed by atoms with Crippen molar-refractivity contribution in [2.75, 3.05) is 7.11 Å². The van der Waals surface area contributed by atoms with Crippen LogP contribution in [0.2, 0.25) is 0 Å². The van der Waals surface area contributed by atoms with Gasteiger partial charge >= 0.3 is 12.1 Å². The van der Waals surface area contributed by atoms with Gasteiger partial charge in [0.2, 0.25) is 0 Å². The fourth-order valence-corrected chi connectivity index (χ4v) is 6.13. The zero-order valence-electron chi connectivity index (χ0n) is 25.4. The lowest BCUT2D eigenvalue weighted by Crippen LogP contribution is -2.50. The Kier molecular flexibility index (Phi) is 7.57. The van der Waals surface area contributed by atoms with Crippen LogP contribution in [0.5, 0.6) is 11.8 Å². The first kappa shape index (κ1) is 29.3. The molecule has 0 N–H and O–H groups in total. The largest absolute Gasteiger partial charge is 0.490 e. The number of imidazole rings is 1. The summed E-state index contributed by atoms with van der Waals surface area (Å²) in [6, 6.07) is 8.89. The molecule has 0 saturated carbocycles. The molecule has 12 heteroatoms. The highest BCUT2D eigenvalue weighted by atomic mass is 19.1. The average molecular weight is 600 g/mol. The molecule has 2 saturated heterocycles. The Bertz CT molecular complexity index is 1760. The van der Waals surface area contributed by atoms with E-state index in [-0.39, 0.29) is 36.8 Å². The third-order valence-corrected chi connectivity index (χ3v) is 8.01. The lowest BCUT2D eigenvalue weighted by Gasteiger charge is -2.39. The number of carbonyl (C=O) groups is 1. The summed E-state index contributed by atoms with van der Waals surface area (Å²) in [5, 5.41) is 9.42. The molecule has 0 aliphatic carbocycles. The highest BCUT2D eigenvalue weighted by Gasteiger charge is 2.45. The van der Waals surface area contributed by atoms with Crippen LogP contribution in [0.4, 0.5) is 9.18 Å². The summed E-state index contributed by atoms with van der Waals surface area (Å²) in [7, 11) is 1.48. The van der Waals surface area contributed by atoms with Crippen molar-refractivity contribution in [3.05, 3.63) is 59.3 Å². The number of ether oxygens (including phenoxy) is 3. The molecule has 2 aliphatic rings. The van der Waals surface area contributed by atoms with Crippen LogP contribution in [0.15, 0.2) is 36.7 Å². The van der Waals surface area contributed by atoms with Gasteiger partial charge in [-0.25, -0.2) is 14.2 Å². The highest BCUT2D eigenvalue weighted by molar-refractivity contribution is 5.79. The molecule has 5 heterocycles. The van der Waals surface area contributed by atoms with Crippen LogP contribution in [0.25, 0.3) is 22.6 Å². The summed E-state index contributed by atoms with van der Waals surface area (Å²) in [5.74, 6) is 0.469. The Morgan fingerprint density at radius 3 is 2.52 bits per heavy atom. The number of benzene rings is 1. The SMILES string of the molecule is COc1nc(C)c2nc(-c3cncc(C#N)c3)n(Cc3ccc(OC4C[C@H]5CC[C@@H](C4)N5C(=O)OC(C)(C)C)cc3F)c2n1. The van der Waals surface area contributed by atoms with E-state index >= 15 is 4.39 Å². The highest BCUT2D eigenvalue weighted by Crippen LogP contribution is 2.38. The van der Waals surface area contributed by atoms with Gasteiger partial charge in [-0.3, -0.25) is 4.98 Å². The molecule has 1 unspecified atom stereocenters. The van der Waals surface area contributed by atoms with Crippen molar-refractivity contribution in [1.82, 2.24) is 29.4 Å². The number of nitriles is 1. The van der Waals surface area contributed by atoms with Gasteiger partial charge in [0.25, 0.3) is 0 Å². The van der Waals surface area contributed by atoms with Gasteiger partial charge in [0, 0.05) is 54.5 Å². The minimum Gasteiger partial charge on any atom is -0.490 e. The number of halogens is 1. The molecule has 3 atom stereocenters. The van der Waals surface area contributed by atoms with Gasteiger partial charge in [0.15, 0.2) is 5.65 Å². The van der Waals surface area contributed by atoms with Crippen LogP contribution in [0.3, 0.4) is 0 Å². The molecule has 44 heavy (non-hydrogen) atoms. The second-order valence-corrected chi connectivity index (χ2v) is 12.3. The molecule has 11 nitrogen and oxygen atoms in total. The number of aryl methyl sites for hydroxylation is 1. The number of pyridine rings is 1. The molecule has 1 amide bonds. The summed E-state index contributed by atoms with van der Waals surface area (Å²) in [5.41, 5.74) is 2.43. The van der Waals surface area contributed by atoms with Crippen LogP contribution >= 0.6 is 0 Å². The Morgan fingerprint density at radius 1 is 1.11 bits per heavy atom. The van der Waals surface area contributed by atoms with Crippen molar-refractivity contribution in [2.24, 2.45) is 0 Å². The fraction of sp³-hybridized carbons (Fsp3) is 0.438. The van der Waals surface area contributed by atoms with Crippen LogP contribution in [-0.4, -0.2) is 66.4 Å². The number of nitrogens with zero attached hydrogens (tertiary/aromatic N) is 7. The predicted octanol–water partition coefficient (Wildman–Crippen LogP) is 5.57. The molecule has 0 radical (unpaired) electrons. The smallest absolute Gasteiger partial charge is 0.410 e. The Balaban J connectivity index is 1.25. The maximum atomic E-state index is 15.7. The summed E-state index contributed by atoms with van der Waals surface area (Å²) < 4.78 is 34.6. The van der Waals surface area contributed by atoms with E-state index < -0.39 is 11.4 Å². The van der Waals surface area contributed by atoms with Gasteiger partial charge in [0.1, 0.15) is 40.7 Å². The number of aromatic nitrogens is 5. The second kappa shape index (κ2) is 11.4. The standard InChI is InChI=1S/C32H34FN7O4/c1-18-27-29(38-30(36-18)42-5)39(28(37-27)21-10-19(14-34)15-35-16-21)17-20-6-9-24(13-26(20)33)43-25-11-22-7-8-23(12-25)40(22)31(41)44-32(2,3)4/h6,9-10,13,15-16,22-23,25H,7-8,11-12,17H2,1-5H3/t22-,23+,25?. The van der Waals surface area contributed by atoms with E-state index in [4.69, 9.17) is 19.2 Å². The fourth-order valence-electron chi connectivity index (χ4n) is 6.13. The molecule has 2 bridgehead atoms. The van der Waals surface area contributed by atoms with Gasteiger partial charge in [-0.1, -0.05) is 6.07 Å². The predicted molar refractivity (Wildman–Crippen MR) is 159 cm³/mol. The lowest BCUT2D eigenvalue weighted by molar-refractivity contribution is -0.00710. The van der Waals surface area contributed by atoms with Crippen LogP contribution in [0, 0.1) is 24.1 Å². The van der Waals surface area contributed by atoms with Gasteiger partial charge in [0.05, 0.1) is 24.9 Å². The van der Waals surface area contributed by atoms with Gasteiger partial charge in [-0.15, -0.1) is 0 Å². The summed E-state index contributed by atoms with van der Waals surface area (Å²) >= 11 is 0.